The van der Waals surface area contributed by atoms with Crippen LogP contribution in [0.3, 0.4) is 0 Å². The first-order chi connectivity index (χ1) is 12.6. The Morgan fingerprint density at radius 1 is 1.27 bits per heavy atom. The second-order valence-electron chi connectivity index (χ2n) is 7.20. The topological polar surface area (TPSA) is 80.4 Å². The van der Waals surface area contributed by atoms with Crippen molar-refractivity contribution in [1.82, 2.24) is 20.0 Å². The van der Waals surface area contributed by atoms with Crippen LogP contribution in [0.5, 0.6) is 0 Å². The van der Waals surface area contributed by atoms with Gasteiger partial charge >= 0.3 is 0 Å². The molecule has 2 aliphatic rings. The first kappa shape index (κ1) is 16.9. The predicted molar refractivity (Wildman–Crippen MR) is 94.4 cm³/mol. The van der Waals surface area contributed by atoms with Gasteiger partial charge < -0.3 is 14.6 Å². The highest BCUT2D eigenvalue weighted by molar-refractivity contribution is 5.94. The Labute approximate surface area is 152 Å². The molecule has 1 aliphatic heterocycles. The van der Waals surface area contributed by atoms with E-state index < -0.39 is 0 Å². The number of hydrogen-bond acceptors (Lipinski definition) is 4. The van der Waals surface area contributed by atoms with Gasteiger partial charge in [-0.1, -0.05) is 0 Å². The summed E-state index contributed by atoms with van der Waals surface area (Å²) in [5.74, 6) is 0.0393. The minimum Gasteiger partial charge on any atom is -0.472 e. The van der Waals surface area contributed by atoms with Crippen LogP contribution in [0, 0.1) is 5.92 Å². The number of furan rings is 1. The lowest BCUT2D eigenvalue weighted by Gasteiger charge is -2.32. The Hall–Kier alpha value is -2.57. The molecule has 0 radical (unpaired) electrons. The molecule has 3 heterocycles. The van der Waals surface area contributed by atoms with Crippen molar-refractivity contribution in [3.63, 3.8) is 0 Å². The number of carbonyl (C=O) groups excluding carboxylic acids is 2. The molecule has 1 atom stereocenters. The Kier molecular flexibility index (Phi) is 4.53. The molecule has 0 saturated carbocycles. The average Bonchev–Trinajstić information content (AvgIpc) is 3.32. The van der Waals surface area contributed by atoms with E-state index in [2.05, 4.69) is 10.4 Å². The first-order valence-corrected chi connectivity index (χ1v) is 9.26. The molecular formula is C19H24N4O3. The van der Waals surface area contributed by atoms with Crippen LogP contribution in [0.15, 0.2) is 29.2 Å². The van der Waals surface area contributed by atoms with Crippen LogP contribution in [0.2, 0.25) is 0 Å². The number of hydrogen-bond donors (Lipinski definition) is 1. The van der Waals surface area contributed by atoms with Crippen molar-refractivity contribution < 1.29 is 14.0 Å². The maximum absolute atomic E-state index is 12.7. The lowest BCUT2D eigenvalue weighted by atomic mass is 9.91. The van der Waals surface area contributed by atoms with Crippen molar-refractivity contribution in [2.75, 3.05) is 13.1 Å². The number of aryl methyl sites for hydroxylation is 1. The molecule has 1 saturated heterocycles. The van der Waals surface area contributed by atoms with E-state index >= 15 is 0 Å². The largest absolute Gasteiger partial charge is 0.472 e. The predicted octanol–water partition coefficient (Wildman–Crippen LogP) is 2.06. The fourth-order valence-electron chi connectivity index (χ4n) is 4.06. The molecule has 1 aliphatic carbocycles. The van der Waals surface area contributed by atoms with E-state index in [1.165, 1.54) is 18.2 Å². The Morgan fingerprint density at radius 2 is 2.08 bits per heavy atom. The molecule has 2 aromatic heterocycles. The van der Waals surface area contributed by atoms with Crippen LogP contribution in [0.4, 0.5) is 0 Å². The zero-order chi connectivity index (χ0) is 18.1. The highest BCUT2D eigenvalue weighted by Crippen LogP contribution is 2.30. The average molecular weight is 356 g/mol. The molecule has 0 unspecified atom stereocenters. The lowest BCUT2D eigenvalue weighted by Crippen LogP contribution is -2.44. The number of fused-ring (bicyclic) bond motifs is 1. The van der Waals surface area contributed by atoms with E-state index in [1.54, 1.807) is 11.0 Å². The van der Waals surface area contributed by atoms with Crippen LogP contribution >= 0.6 is 0 Å². The van der Waals surface area contributed by atoms with Crippen LogP contribution < -0.4 is 5.32 Å². The molecule has 1 N–H and O–H groups in total. The van der Waals surface area contributed by atoms with Crippen LogP contribution in [-0.4, -0.2) is 39.6 Å². The Morgan fingerprint density at radius 3 is 2.81 bits per heavy atom. The van der Waals surface area contributed by atoms with Crippen molar-refractivity contribution in [2.45, 2.75) is 38.1 Å². The number of carbonyl (C=O) groups is 2. The zero-order valence-electron chi connectivity index (χ0n) is 15.0. The van der Waals surface area contributed by atoms with Crippen molar-refractivity contribution in [3.8, 4) is 0 Å². The van der Waals surface area contributed by atoms with E-state index in [0.29, 0.717) is 31.5 Å². The molecule has 4 rings (SSSR count). The lowest BCUT2D eigenvalue weighted by molar-refractivity contribution is -0.127. The molecule has 0 bridgehead atoms. The summed E-state index contributed by atoms with van der Waals surface area (Å²) >= 11 is 0. The number of amides is 2. The zero-order valence-corrected chi connectivity index (χ0v) is 15.0. The van der Waals surface area contributed by atoms with E-state index in [1.807, 2.05) is 17.9 Å². The van der Waals surface area contributed by atoms with Crippen molar-refractivity contribution in [3.05, 3.63) is 41.6 Å². The van der Waals surface area contributed by atoms with Gasteiger partial charge in [-0.05, 0) is 38.2 Å². The van der Waals surface area contributed by atoms with Gasteiger partial charge in [0.25, 0.3) is 5.91 Å². The highest BCUT2D eigenvalue weighted by Gasteiger charge is 2.31. The van der Waals surface area contributed by atoms with Gasteiger partial charge in [0.05, 0.1) is 24.1 Å². The second kappa shape index (κ2) is 6.97. The fourth-order valence-corrected chi connectivity index (χ4v) is 4.06. The van der Waals surface area contributed by atoms with Gasteiger partial charge in [-0.15, -0.1) is 0 Å². The van der Waals surface area contributed by atoms with Crippen molar-refractivity contribution >= 4 is 11.8 Å². The number of nitrogens with zero attached hydrogens (tertiary/aromatic N) is 3. The monoisotopic (exact) mass is 356 g/mol. The summed E-state index contributed by atoms with van der Waals surface area (Å²) < 4.78 is 6.89. The third kappa shape index (κ3) is 3.13. The molecule has 26 heavy (non-hydrogen) atoms. The third-order valence-electron chi connectivity index (χ3n) is 5.61. The Bertz CT molecular complexity index is 788. The number of likely N-dealkylation sites (tertiary alicyclic amines) is 1. The standard InChI is InChI=1S/C19H24N4O3/c1-22-17-4-2-3-16(15(17)11-20-22)21-18(24)13-5-8-23(9-6-13)19(25)14-7-10-26-12-14/h7,10-13,16H,2-6,8-9H2,1H3,(H,21,24)/t16-/m0/s1. The molecule has 2 amide bonds. The van der Waals surface area contributed by atoms with E-state index in [9.17, 15) is 9.59 Å². The van der Waals surface area contributed by atoms with Crippen LogP contribution in [0.1, 0.15) is 53.3 Å². The minimum atomic E-state index is -0.0366. The number of aromatic nitrogens is 2. The van der Waals surface area contributed by atoms with Crippen molar-refractivity contribution in [1.29, 1.82) is 0 Å². The summed E-state index contributed by atoms with van der Waals surface area (Å²) in [6.45, 7) is 1.20. The van der Waals surface area contributed by atoms with Gasteiger partial charge in [0.15, 0.2) is 0 Å². The molecular weight excluding hydrogens is 332 g/mol. The normalized spacial score (nSPS) is 20.7. The maximum Gasteiger partial charge on any atom is 0.257 e. The van der Waals surface area contributed by atoms with Gasteiger partial charge in [0, 0.05) is 37.3 Å². The summed E-state index contributed by atoms with van der Waals surface area (Å²) in [6.07, 6.45) is 9.29. The second-order valence-corrected chi connectivity index (χ2v) is 7.20. The number of nitrogens with one attached hydrogen (secondary N) is 1. The molecule has 2 aromatic rings. The van der Waals surface area contributed by atoms with Crippen LogP contribution in [-0.2, 0) is 18.3 Å². The molecule has 138 valence electrons. The first-order valence-electron chi connectivity index (χ1n) is 9.26. The van der Waals surface area contributed by atoms with Gasteiger partial charge in [-0.3, -0.25) is 14.3 Å². The van der Waals surface area contributed by atoms with E-state index in [-0.39, 0.29) is 23.8 Å². The number of rotatable bonds is 3. The van der Waals surface area contributed by atoms with E-state index in [0.717, 1.165) is 24.8 Å². The summed E-state index contributed by atoms with van der Waals surface area (Å²) in [5.41, 5.74) is 2.95. The molecule has 7 heteroatoms. The molecule has 0 aromatic carbocycles. The summed E-state index contributed by atoms with van der Waals surface area (Å²) in [7, 11) is 1.95. The third-order valence-corrected chi connectivity index (χ3v) is 5.61. The smallest absolute Gasteiger partial charge is 0.257 e. The Balaban J connectivity index is 1.34. The van der Waals surface area contributed by atoms with Gasteiger partial charge in [-0.25, -0.2) is 0 Å². The fraction of sp³-hybridized carbons (Fsp3) is 0.526. The van der Waals surface area contributed by atoms with Gasteiger partial charge in [0.1, 0.15) is 6.26 Å². The summed E-state index contributed by atoms with van der Waals surface area (Å²) in [4.78, 5) is 26.9. The minimum absolute atomic E-state index is 0.0232. The summed E-state index contributed by atoms with van der Waals surface area (Å²) in [6, 6.07) is 1.74. The van der Waals surface area contributed by atoms with Gasteiger partial charge in [0.2, 0.25) is 5.91 Å². The van der Waals surface area contributed by atoms with Crippen molar-refractivity contribution in [2.24, 2.45) is 13.0 Å². The summed E-state index contributed by atoms with van der Waals surface area (Å²) in [5, 5.41) is 7.55. The molecule has 7 nitrogen and oxygen atoms in total. The number of piperidine rings is 1. The van der Waals surface area contributed by atoms with E-state index in [4.69, 9.17) is 4.42 Å². The van der Waals surface area contributed by atoms with Crippen LogP contribution in [0.25, 0.3) is 0 Å². The highest BCUT2D eigenvalue weighted by atomic mass is 16.3. The quantitative estimate of drug-likeness (QED) is 0.913. The SMILES string of the molecule is Cn1ncc2c1CCC[C@@H]2NC(=O)C1CCN(C(=O)c2ccoc2)CC1. The molecule has 1 fully saturated rings. The van der Waals surface area contributed by atoms with Gasteiger partial charge in [-0.2, -0.15) is 5.10 Å². The molecule has 0 spiro atoms. The maximum atomic E-state index is 12.7.